The Morgan fingerprint density at radius 3 is 2.62 bits per heavy atom. The van der Waals surface area contributed by atoms with Gasteiger partial charge in [-0.3, -0.25) is 9.59 Å². The van der Waals surface area contributed by atoms with E-state index in [9.17, 15) is 9.59 Å². The van der Waals surface area contributed by atoms with Crippen LogP contribution in [0.5, 0.6) is 0 Å². The van der Waals surface area contributed by atoms with Crippen molar-refractivity contribution in [3.05, 3.63) is 0 Å². The molecule has 1 saturated heterocycles. The van der Waals surface area contributed by atoms with E-state index in [1.807, 2.05) is 0 Å². The fraction of sp³-hybridized carbons (Fsp3) is 0.800. The number of carbonyl (C=O) groups is 2. The van der Waals surface area contributed by atoms with Gasteiger partial charge in [-0.15, -0.1) is 0 Å². The van der Waals surface area contributed by atoms with Crippen molar-refractivity contribution >= 4 is 11.8 Å². The lowest BCUT2D eigenvalue weighted by atomic mass is 9.96. The topological polar surface area (TPSA) is 98.7 Å². The lowest BCUT2D eigenvalue weighted by Gasteiger charge is -2.30. The van der Waals surface area contributed by atoms with Crippen LogP contribution in [0.4, 0.5) is 0 Å². The van der Waals surface area contributed by atoms with Crippen LogP contribution >= 0.6 is 0 Å². The predicted molar refractivity (Wildman–Crippen MR) is 56.5 cm³/mol. The van der Waals surface area contributed by atoms with Crippen LogP contribution in [0.2, 0.25) is 0 Å². The van der Waals surface area contributed by atoms with Crippen molar-refractivity contribution in [1.82, 2.24) is 10.6 Å². The molecule has 1 aliphatic heterocycles. The molecule has 2 amide bonds. The molecule has 1 heterocycles. The number of piperidine rings is 1. The highest BCUT2D eigenvalue weighted by Gasteiger charge is 2.30. The maximum Gasteiger partial charge on any atom is 0.225 e. The van der Waals surface area contributed by atoms with E-state index in [0.29, 0.717) is 19.4 Å². The molecule has 1 unspecified atom stereocenters. The van der Waals surface area contributed by atoms with Gasteiger partial charge in [0.2, 0.25) is 11.8 Å². The van der Waals surface area contributed by atoms with Gasteiger partial charge in [0.1, 0.15) is 0 Å². The van der Waals surface area contributed by atoms with Crippen LogP contribution in [0.15, 0.2) is 0 Å². The van der Waals surface area contributed by atoms with Gasteiger partial charge >= 0.3 is 0 Å². The van der Waals surface area contributed by atoms with E-state index >= 15 is 0 Å². The average Bonchev–Trinajstić information content (AvgIpc) is 2.29. The highest BCUT2D eigenvalue weighted by Crippen LogP contribution is 2.12. The number of carbonyl (C=O) groups excluding carboxylic acids is 2. The summed E-state index contributed by atoms with van der Waals surface area (Å²) in [5.41, 5.74) is -1.00. The second-order valence-electron chi connectivity index (χ2n) is 4.41. The van der Waals surface area contributed by atoms with Crippen molar-refractivity contribution in [2.45, 2.75) is 25.3 Å². The number of hydrogen-bond donors (Lipinski definition) is 4. The van der Waals surface area contributed by atoms with Gasteiger partial charge in [0, 0.05) is 13.0 Å². The summed E-state index contributed by atoms with van der Waals surface area (Å²) in [7, 11) is 0. The van der Waals surface area contributed by atoms with Crippen LogP contribution in [-0.2, 0) is 9.59 Å². The summed E-state index contributed by atoms with van der Waals surface area (Å²) in [6, 6.07) is 0. The second-order valence-corrected chi connectivity index (χ2v) is 4.41. The zero-order valence-electron chi connectivity index (χ0n) is 9.32. The monoisotopic (exact) mass is 230 g/mol. The molecule has 4 N–H and O–H groups in total. The quantitative estimate of drug-likeness (QED) is 0.466. The standard InChI is InChI=1S/C10H18N2O4/c1-10(5-13,6-14)12-9(16)7-2-3-8(15)11-4-7/h7,13-14H,2-6H2,1H3,(H,11,15)(H,12,16). The molecular weight excluding hydrogens is 212 g/mol. The Labute approximate surface area is 94.0 Å². The van der Waals surface area contributed by atoms with Crippen molar-refractivity contribution in [3.8, 4) is 0 Å². The maximum atomic E-state index is 11.8. The number of aliphatic hydroxyl groups is 2. The first-order valence-electron chi connectivity index (χ1n) is 5.31. The molecule has 6 heteroatoms. The normalized spacial score (nSPS) is 21.4. The summed E-state index contributed by atoms with van der Waals surface area (Å²) < 4.78 is 0. The van der Waals surface area contributed by atoms with Gasteiger partial charge < -0.3 is 20.8 Å². The third-order valence-electron chi connectivity index (χ3n) is 2.76. The van der Waals surface area contributed by atoms with Gasteiger partial charge in [-0.1, -0.05) is 0 Å². The van der Waals surface area contributed by atoms with Gasteiger partial charge in [0.15, 0.2) is 0 Å². The number of aliphatic hydroxyl groups excluding tert-OH is 2. The van der Waals surface area contributed by atoms with Gasteiger partial charge in [-0.25, -0.2) is 0 Å². The van der Waals surface area contributed by atoms with Gasteiger partial charge in [-0.05, 0) is 13.3 Å². The smallest absolute Gasteiger partial charge is 0.225 e. The molecule has 0 bridgehead atoms. The molecule has 1 rings (SSSR count). The van der Waals surface area contributed by atoms with Gasteiger partial charge in [0.25, 0.3) is 0 Å². The molecule has 0 aromatic carbocycles. The number of amides is 2. The summed E-state index contributed by atoms with van der Waals surface area (Å²) in [5.74, 6) is -0.572. The summed E-state index contributed by atoms with van der Waals surface area (Å²) in [6.45, 7) is 1.23. The Bertz CT molecular complexity index is 266. The average molecular weight is 230 g/mol. The Morgan fingerprint density at radius 2 is 2.19 bits per heavy atom. The molecule has 16 heavy (non-hydrogen) atoms. The van der Waals surface area contributed by atoms with Crippen LogP contribution in [0.3, 0.4) is 0 Å². The molecule has 92 valence electrons. The third-order valence-corrected chi connectivity index (χ3v) is 2.76. The first-order chi connectivity index (χ1) is 7.50. The lowest BCUT2D eigenvalue weighted by Crippen LogP contribution is -2.55. The number of rotatable bonds is 4. The molecule has 1 atom stereocenters. The molecule has 0 aliphatic carbocycles. The Balaban J connectivity index is 2.49. The maximum absolute atomic E-state index is 11.8. The summed E-state index contributed by atoms with van der Waals surface area (Å²) >= 11 is 0. The lowest BCUT2D eigenvalue weighted by molar-refractivity contribution is -0.131. The molecule has 0 aromatic rings. The van der Waals surface area contributed by atoms with Gasteiger partial charge in [0.05, 0.1) is 24.7 Å². The van der Waals surface area contributed by atoms with Crippen LogP contribution < -0.4 is 10.6 Å². The van der Waals surface area contributed by atoms with E-state index in [4.69, 9.17) is 10.2 Å². The first-order valence-corrected chi connectivity index (χ1v) is 5.31. The first kappa shape index (κ1) is 12.9. The van der Waals surface area contributed by atoms with Crippen LogP contribution in [-0.4, -0.2) is 47.3 Å². The minimum absolute atomic E-state index is 0.0453. The molecule has 1 aliphatic rings. The molecule has 0 radical (unpaired) electrons. The van der Waals surface area contributed by atoms with E-state index in [2.05, 4.69) is 10.6 Å². The summed E-state index contributed by atoms with van der Waals surface area (Å²) in [5, 5.41) is 23.3. The summed E-state index contributed by atoms with van der Waals surface area (Å²) in [6.07, 6.45) is 0.845. The van der Waals surface area contributed by atoms with Crippen molar-refractivity contribution in [1.29, 1.82) is 0 Å². The Kier molecular flexibility index (Phi) is 4.26. The molecule has 0 saturated carbocycles. The van der Waals surface area contributed by atoms with Crippen molar-refractivity contribution < 1.29 is 19.8 Å². The van der Waals surface area contributed by atoms with Crippen LogP contribution in [0.25, 0.3) is 0 Å². The fourth-order valence-electron chi connectivity index (χ4n) is 1.49. The van der Waals surface area contributed by atoms with Crippen LogP contribution in [0, 0.1) is 5.92 Å². The van der Waals surface area contributed by atoms with Crippen LogP contribution in [0.1, 0.15) is 19.8 Å². The number of nitrogens with one attached hydrogen (secondary N) is 2. The summed E-state index contributed by atoms with van der Waals surface area (Å²) in [4.78, 5) is 22.7. The highest BCUT2D eigenvalue weighted by atomic mass is 16.3. The molecule has 0 aromatic heterocycles. The zero-order valence-corrected chi connectivity index (χ0v) is 9.32. The third kappa shape index (κ3) is 3.18. The van der Waals surface area contributed by atoms with E-state index in [1.165, 1.54) is 0 Å². The largest absolute Gasteiger partial charge is 0.394 e. The van der Waals surface area contributed by atoms with E-state index < -0.39 is 5.54 Å². The van der Waals surface area contributed by atoms with Gasteiger partial charge in [-0.2, -0.15) is 0 Å². The SMILES string of the molecule is CC(CO)(CO)NC(=O)C1CCC(=O)NC1. The van der Waals surface area contributed by atoms with Crippen molar-refractivity contribution in [2.24, 2.45) is 5.92 Å². The Hall–Kier alpha value is -1.14. The second kappa shape index (κ2) is 5.27. The van der Waals surface area contributed by atoms with E-state index in [-0.39, 0.29) is 30.9 Å². The van der Waals surface area contributed by atoms with Crippen molar-refractivity contribution in [3.63, 3.8) is 0 Å². The fourth-order valence-corrected chi connectivity index (χ4v) is 1.49. The highest BCUT2D eigenvalue weighted by molar-refractivity contribution is 5.84. The zero-order chi connectivity index (χ0) is 12.2. The Morgan fingerprint density at radius 1 is 1.56 bits per heavy atom. The number of hydrogen-bond acceptors (Lipinski definition) is 4. The minimum atomic E-state index is -1.00. The predicted octanol–water partition coefficient (Wildman–Crippen LogP) is -1.63. The molecular formula is C10H18N2O4. The molecule has 6 nitrogen and oxygen atoms in total. The van der Waals surface area contributed by atoms with E-state index in [0.717, 1.165) is 0 Å². The minimum Gasteiger partial charge on any atom is -0.394 e. The van der Waals surface area contributed by atoms with E-state index in [1.54, 1.807) is 6.92 Å². The molecule has 0 spiro atoms. The van der Waals surface area contributed by atoms with Crippen molar-refractivity contribution in [2.75, 3.05) is 19.8 Å². The molecule has 1 fully saturated rings.